The smallest absolute Gasteiger partial charge is 0.123 e. The van der Waals surface area contributed by atoms with Crippen molar-refractivity contribution >= 4 is 0 Å². The van der Waals surface area contributed by atoms with Crippen LogP contribution < -0.4 is 4.74 Å². The molecule has 1 atom stereocenters. The van der Waals surface area contributed by atoms with E-state index in [0.29, 0.717) is 6.10 Å². The molecule has 0 spiro atoms. The first kappa shape index (κ1) is 13.0. The van der Waals surface area contributed by atoms with E-state index < -0.39 is 0 Å². The standard InChI is InChI=1S/C17H24O2/c1-2-12-6-8-13(9-7-12)19-17-5-3-4-14-15(17)10-11-16(14)18/h3-5,12-13,16,18H,2,6-11H2,1H3. The van der Waals surface area contributed by atoms with Crippen LogP contribution in [0.25, 0.3) is 0 Å². The van der Waals surface area contributed by atoms with Gasteiger partial charge < -0.3 is 9.84 Å². The molecule has 19 heavy (non-hydrogen) atoms. The van der Waals surface area contributed by atoms with Crippen LogP contribution in [0, 0.1) is 5.92 Å². The Labute approximate surface area is 115 Å². The summed E-state index contributed by atoms with van der Waals surface area (Å²) < 4.78 is 6.23. The van der Waals surface area contributed by atoms with Gasteiger partial charge in [-0.05, 0) is 56.1 Å². The lowest BCUT2D eigenvalue weighted by Gasteiger charge is -2.29. The maximum atomic E-state index is 9.92. The highest BCUT2D eigenvalue weighted by molar-refractivity contribution is 5.44. The number of aliphatic hydroxyl groups is 1. The minimum atomic E-state index is -0.283. The molecular formula is C17H24O2. The van der Waals surface area contributed by atoms with Crippen LogP contribution in [0.1, 0.15) is 62.7 Å². The number of rotatable bonds is 3. The normalized spacial score (nSPS) is 30.1. The van der Waals surface area contributed by atoms with Crippen LogP contribution in [0.4, 0.5) is 0 Å². The molecule has 0 radical (unpaired) electrons. The predicted molar refractivity (Wildman–Crippen MR) is 76.4 cm³/mol. The fraction of sp³-hybridized carbons (Fsp3) is 0.647. The van der Waals surface area contributed by atoms with Gasteiger partial charge >= 0.3 is 0 Å². The van der Waals surface area contributed by atoms with Crippen LogP contribution in [0.5, 0.6) is 5.75 Å². The van der Waals surface area contributed by atoms with E-state index in [4.69, 9.17) is 4.74 Å². The summed E-state index contributed by atoms with van der Waals surface area (Å²) in [6.45, 7) is 2.29. The molecule has 1 aromatic rings. The van der Waals surface area contributed by atoms with Crippen molar-refractivity contribution in [1.82, 2.24) is 0 Å². The Bertz CT molecular complexity index is 433. The second-order valence-electron chi connectivity index (χ2n) is 6.05. The minimum absolute atomic E-state index is 0.283. The lowest BCUT2D eigenvalue weighted by Crippen LogP contribution is -2.24. The molecule has 2 aliphatic carbocycles. The summed E-state index contributed by atoms with van der Waals surface area (Å²) in [4.78, 5) is 0. The number of ether oxygens (including phenoxy) is 1. The molecule has 1 fully saturated rings. The first-order valence-corrected chi connectivity index (χ1v) is 7.74. The first-order valence-electron chi connectivity index (χ1n) is 7.74. The molecule has 2 nitrogen and oxygen atoms in total. The van der Waals surface area contributed by atoms with Crippen molar-refractivity contribution in [3.05, 3.63) is 29.3 Å². The van der Waals surface area contributed by atoms with Gasteiger partial charge in [-0.2, -0.15) is 0 Å². The fourth-order valence-corrected chi connectivity index (χ4v) is 3.55. The highest BCUT2D eigenvalue weighted by Gasteiger charge is 2.26. The predicted octanol–water partition coefficient (Wildman–Crippen LogP) is 4.01. The Morgan fingerprint density at radius 1 is 1.16 bits per heavy atom. The summed E-state index contributed by atoms with van der Waals surface area (Å²) in [5, 5.41) is 9.92. The Kier molecular flexibility index (Phi) is 3.79. The molecule has 0 amide bonds. The largest absolute Gasteiger partial charge is 0.490 e. The van der Waals surface area contributed by atoms with Crippen LogP contribution in [-0.4, -0.2) is 11.2 Å². The van der Waals surface area contributed by atoms with Crippen LogP contribution in [0.3, 0.4) is 0 Å². The zero-order valence-electron chi connectivity index (χ0n) is 11.8. The van der Waals surface area contributed by atoms with Gasteiger partial charge in [-0.15, -0.1) is 0 Å². The van der Waals surface area contributed by atoms with E-state index in [0.717, 1.165) is 30.1 Å². The Balaban J connectivity index is 1.68. The molecule has 104 valence electrons. The van der Waals surface area contributed by atoms with Gasteiger partial charge in [0.25, 0.3) is 0 Å². The number of hydrogen-bond acceptors (Lipinski definition) is 2. The van der Waals surface area contributed by atoms with Crippen molar-refractivity contribution in [2.75, 3.05) is 0 Å². The first-order chi connectivity index (χ1) is 9.28. The maximum Gasteiger partial charge on any atom is 0.123 e. The maximum absolute atomic E-state index is 9.92. The van der Waals surface area contributed by atoms with E-state index in [1.54, 1.807) is 0 Å². The Morgan fingerprint density at radius 3 is 2.68 bits per heavy atom. The SMILES string of the molecule is CCC1CCC(Oc2cccc3c2CCC3O)CC1. The van der Waals surface area contributed by atoms with E-state index in [9.17, 15) is 5.11 Å². The highest BCUT2D eigenvalue weighted by Crippen LogP contribution is 2.38. The Hall–Kier alpha value is -1.02. The lowest BCUT2D eigenvalue weighted by molar-refractivity contribution is 0.129. The molecule has 0 heterocycles. The van der Waals surface area contributed by atoms with Gasteiger partial charge in [-0.3, -0.25) is 0 Å². The minimum Gasteiger partial charge on any atom is -0.490 e. The van der Waals surface area contributed by atoms with Crippen LogP contribution in [0.15, 0.2) is 18.2 Å². The van der Waals surface area contributed by atoms with E-state index in [1.165, 1.54) is 37.7 Å². The van der Waals surface area contributed by atoms with Crippen molar-refractivity contribution in [3.8, 4) is 5.75 Å². The molecule has 0 aromatic heterocycles. The van der Waals surface area contributed by atoms with Gasteiger partial charge in [0.15, 0.2) is 0 Å². The molecular weight excluding hydrogens is 236 g/mol. The summed E-state index contributed by atoms with van der Waals surface area (Å²) in [6, 6.07) is 6.12. The van der Waals surface area contributed by atoms with Crippen LogP contribution >= 0.6 is 0 Å². The van der Waals surface area contributed by atoms with Crippen molar-refractivity contribution < 1.29 is 9.84 Å². The second kappa shape index (κ2) is 5.54. The molecule has 1 unspecified atom stereocenters. The molecule has 2 aliphatic rings. The average Bonchev–Trinajstić information content (AvgIpc) is 2.83. The monoisotopic (exact) mass is 260 g/mol. The third-order valence-electron chi connectivity index (χ3n) is 4.86. The van der Waals surface area contributed by atoms with Crippen molar-refractivity contribution in [2.24, 2.45) is 5.92 Å². The molecule has 2 heteroatoms. The van der Waals surface area contributed by atoms with Gasteiger partial charge in [0.1, 0.15) is 5.75 Å². The van der Waals surface area contributed by atoms with E-state index in [1.807, 2.05) is 12.1 Å². The van der Waals surface area contributed by atoms with Gasteiger partial charge in [-0.1, -0.05) is 25.5 Å². The number of fused-ring (bicyclic) bond motifs is 1. The zero-order chi connectivity index (χ0) is 13.2. The molecule has 0 aliphatic heterocycles. The summed E-state index contributed by atoms with van der Waals surface area (Å²) >= 11 is 0. The van der Waals surface area contributed by atoms with Crippen LogP contribution in [-0.2, 0) is 6.42 Å². The van der Waals surface area contributed by atoms with E-state index in [-0.39, 0.29) is 6.10 Å². The Morgan fingerprint density at radius 2 is 1.95 bits per heavy atom. The van der Waals surface area contributed by atoms with Crippen molar-refractivity contribution in [1.29, 1.82) is 0 Å². The summed E-state index contributed by atoms with van der Waals surface area (Å²) in [5.41, 5.74) is 2.33. The third kappa shape index (κ3) is 2.64. The average molecular weight is 260 g/mol. The van der Waals surface area contributed by atoms with Gasteiger partial charge in [0, 0.05) is 5.56 Å². The summed E-state index contributed by atoms with van der Waals surface area (Å²) in [5.74, 6) is 1.93. The lowest BCUT2D eigenvalue weighted by atomic mass is 9.86. The fourth-order valence-electron chi connectivity index (χ4n) is 3.55. The van der Waals surface area contributed by atoms with Crippen LogP contribution in [0.2, 0.25) is 0 Å². The third-order valence-corrected chi connectivity index (χ3v) is 4.86. The number of benzene rings is 1. The molecule has 0 saturated heterocycles. The number of aliphatic hydroxyl groups excluding tert-OH is 1. The quantitative estimate of drug-likeness (QED) is 0.889. The summed E-state index contributed by atoms with van der Waals surface area (Å²) in [6.07, 6.45) is 8.18. The highest BCUT2D eigenvalue weighted by atomic mass is 16.5. The topological polar surface area (TPSA) is 29.5 Å². The van der Waals surface area contributed by atoms with Gasteiger partial charge in [0.2, 0.25) is 0 Å². The molecule has 3 rings (SSSR count). The molecule has 1 aromatic carbocycles. The van der Waals surface area contributed by atoms with E-state index >= 15 is 0 Å². The van der Waals surface area contributed by atoms with Gasteiger partial charge in [0.05, 0.1) is 12.2 Å². The van der Waals surface area contributed by atoms with Crippen molar-refractivity contribution in [3.63, 3.8) is 0 Å². The second-order valence-corrected chi connectivity index (χ2v) is 6.05. The van der Waals surface area contributed by atoms with E-state index in [2.05, 4.69) is 13.0 Å². The zero-order valence-corrected chi connectivity index (χ0v) is 11.8. The number of hydrogen-bond donors (Lipinski definition) is 1. The molecule has 1 N–H and O–H groups in total. The molecule has 1 saturated carbocycles. The summed E-state index contributed by atoms with van der Waals surface area (Å²) in [7, 11) is 0. The van der Waals surface area contributed by atoms with Crippen molar-refractivity contribution in [2.45, 2.75) is 64.1 Å². The molecule has 0 bridgehead atoms. The van der Waals surface area contributed by atoms with Gasteiger partial charge in [-0.25, -0.2) is 0 Å².